The smallest absolute Gasteiger partial charge is 0.335 e. The normalized spacial score (nSPS) is 13.6. The average molecular weight is 330 g/mol. The largest absolute Gasteiger partial charge is 0.872 e. The molecule has 0 aliphatic carbocycles. The predicted octanol–water partition coefficient (Wildman–Crippen LogP) is 0.537. The molecular weight excluding hydrogens is 308 g/mol. The number of para-hydroxylation sites is 1. The van der Waals surface area contributed by atoms with Gasteiger partial charge < -0.3 is 25.2 Å². The summed E-state index contributed by atoms with van der Waals surface area (Å²) >= 11 is 0. The highest BCUT2D eigenvalue weighted by atomic mass is 16.5. The number of carboxylic acid groups (broad SMARTS) is 1. The number of carboxylic acids is 1. The average Bonchev–Trinajstić information content (AvgIpc) is 2.63. The van der Waals surface area contributed by atoms with Gasteiger partial charge in [0, 0.05) is 5.69 Å². The number of methoxy groups -OCH3 is 1. The molecule has 6 nitrogen and oxygen atoms in total. The summed E-state index contributed by atoms with van der Waals surface area (Å²) in [5, 5.41) is 21.4. The highest BCUT2D eigenvalue weighted by molar-refractivity contribution is 5.90. The Labute approximate surface area is 141 Å². The summed E-state index contributed by atoms with van der Waals surface area (Å²) in [6.45, 7) is 4.69. The second-order valence-corrected chi connectivity index (χ2v) is 5.35. The van der Waals surface area contributed by atoms with E-state index in [-0.39, 0.29) is 5.56 Å². The number of quaternary nitrogens is 1. The first-order valence-corrected chi connectivity index (χ1v) is 7.82. The Morgan fingerprint density at radius 3 is 2.25 bits per heavy atom. The molecular formula is C18H22N2O4. The van der Waals surface area contributed by atoms with Gasteiger partial charge in [-0.05, 0) is 30.3 Å². The summed E-state index contributed by atoms with van der Waals surface area (Å²) in [6.07, 6.45) is 0. The first-order valence-electron chi connectivity index (χ1n) is 7.82. The molecule has 3 rings (SSSR count). The van der Waals surface area contributed by atoms with E-state index in [4.69, 9.17) is 9.84 Å². The number of hydrogen-bond acceptors (Lipinski definition) is 4. The Balaban J connectivity index is 0.000000185. The molecule has 0 spiro atoms. The molecule has 0 aromatic heterocycles. The predicted molar refractivity (Wildman–Crippen MR) is 89.7 cm³/mol. The zero-order valence-corrected chi connectivity index (χ0v) is 13.6. The minimum Gasteiger partial charge on any atom is -0.872 e. The van der Waals surface area contributed by atoms with Crippen molar-refractivity contribution in [3.05, 3.63) is 54.1 Å². The van der Waals surface area contributed by atoms with Gasteiger partial charge in [-0.25, -0.2) is 4.79 Å². The van der Waals surface area contributed by atoms with Crippen molar-refractivity contribution in [3.63, 3.8) is 0 Å². The standard InChI is InChI=1S/C11H16N2O.C7H6O3/c1-14-11-4-2-10(3-5-11)13-8-6-12-7-9-13;8-6-4-2-1-3-5(6)7(9)10/h2-5,12H,6-9H2,1H3;1-4,8H,(H,9,10). The van der Waals surface area contributed by atoms with Crippen LogP contribution in [-0.2, 0) is 0 Å². The van der Waals surface area contributed by atoms with Crippen molar-refractivity contribution in [1.29, 1.82) is 0 Å². The van der Waals surface area contributed by atoms with E-state index in [1.807, 2.05) is 12.1 Å². The van der Waals surface area contributed by atoms with Crippen LogP contribution in [0.5, 0.6) is 11.5 Å². The Hall–Kier alpha value is -2.73. The molecule has 0 saturated carbocycles. The second kappa shape index (κ2) is 8.79. The van der Waals surface area contributed by atoms with E-state index in [1.165, 1.54) is 43.0 Å². The quantitative estimate of drug-likeness (QED) is 0.857. The van der Waals surface area contributed by atoms with Gasteiger partial charge in [-0.2, -0.15) is 0 Å². The number of ether oxygens (including phenoxy) is 1. The van der Waals surface area contributed by atoms with E-state index in [9.17, 15) is 9.90 Å². The molecule has 0 unspecified atom stereocenters. The molecule has 1 heterocycles. The molecule has 128 valence electrons. The molecule has 1 fully saturated rings. The number of nitrogens with zero attached hydrogens (tertiary/aromatic N) is 1. The van der Waals surface area contributed by atoms with Crippen LogP contribution in [0.1, 0.15) is 10.4 Å². The lowest BCUT2D eigenvalue weighted by molar-refractivity contribution is -0.655. The van der Waals surface area contributed by atoms with E-state index < -0.39 is 11.7 Å². The van der Waals surface area contributed by atoms with Crippen LogP contribution in [0.2, 0.25) is 0 Å². The molecule has 3 N–H and O–H groups in total. The third kappa shape index (κ3) is 4.89. The van der Waals surface area contributed by atoms with Crippen LogP contribution in [0.25, 0.3) is 0 Å². The molecule has 1 aliphatic heterocycles. The molecule has 0 amide bonds. The molecule has 0 radical (unpaired) electrons. The van der Waals surface area contributed by atoms with Crippen molar-refractivity contribution in [3.8, 4) is 11.5 Å². The summed E-state index contributed by atoms with van der Waals surface area (Å²) in [5.74, 6) is -0.696. The van der Waals surface area contributed by atoms with Gasteiger partial charge >= 0.3 is 5.97 Å². The number of rotatable bonds is 3. The van der Waals surface area contributed by atoms with E-state index >= 15 is 0 Å². The zero-order valence-electron chi connectivity index (χ0n) is 13.6. The first kappa shape index (κ1) is 17.6. The molecule has 2 aromatic rings. The fraction of sp³-hybridized carbons (Fsp3) is 0.278. The highest BCUT2D eigenvalue weighted by Crippen LogP contribution is 2.18. The summed E-state index contributed by atoms with van der Waals surface area (Å²) < 4.78 is 5.13. The monoisotopic (exact) mass is 330 g/mol. The van der Waals surface area contributed by atoms with E-state index in [2.05, 4.69) is 22.3 Å². The van der Waals surface area contributed by atoms with Gasteiger partial charge in [-0.1, -0.05) is 23.9 Å². The fourth-order valence-corrected chi connectivity index (χ4v) is 2.44. The Morgan fingerprint density at radius 1 is 1.12 bits per heavy atom. The summed E-state index contributed by atoms with van der Waals surface area (Å²) in [4.78, 5) is 12.6. The van der Waals surface area contributed by atoms with Crippen molar-refractivity contribution in [2.45, 2.75) is 0 Å². The molecule has 6 heteroatoms. The second-order valence-electron chi connectivity index (χ2n) is 5.35. The summed E-state index contributed by atoms with van der Waals surface area (Å²) in [5.41, 5.74) is 1.13. The number of anilines is 1. The summed E-state index contributed by atoms with van der Waals surface area (Å²) in [6, 6.07) is 13.8. The minimum absolute atomic E-state index is 0.178. The number of benzene rings is 2. The number of hydrogen-bond donors (Lipinski definition) is 2. The lowest BCUT2D eigenvalue weighted by Crippen LogP contribution is -2.89. The molecule has 2 aromatic carbocycles. The topological polar surface area (TPSA) is 89.4 Å². The fourth-order valence-electron chi connectivity index (χ4n) is 2.44. The van der Waals surface area contributed by atoms with Gasteiger partial charge in [0.25, 0.3) is 0 Å². The van der Waals surface area contributed by atoms with Crippen molar-refractivity contribution in [2.75, 3.05) is 38.2 Å². The van der Waals surface area contributed by atoms with Crippen LogP contribution >= 0.6 is 0 Å². The maximum Gasteiger partial charge on any atom is 0.335 e. The summed E-state index contributed by atoms with van der Waals surface area (Å²) in [7, 11) is 1.70. The Kier molecular flexibility index (Phi) is 6.45. The lowest BCUT2D eigenvalue weighted by atomic mass is 10.2. The molecule has 24 heavy (non-hydrogen) atoms. The van der Waals surface area contributed by atoms with Gasteiger partial charge in [-0.3, -0.25) is 0 Å². The van der Waals surface area contributed by atoms with Crippen molar-refractivity contribution in [1.82, 2.24) is 0 Å². The maximum absolute atomic E-state index is 10.7. The highest BCUT2D eigenvalue weighted by Gasteiger charge is 2.12. The van der Waals surface area contributed by atoms with Gasteiger partial charge in [0.05, 0.1) is 38.9 Å². The van der Waals surface area contributed by atoms with Crippen molar-refractivity contribution < 1.29 is 25.1 Å². The number of aromatic carboxylic acids is 1. The molecule has 1 aliphatic rings. The van der Waals surface area contributed by atoms with Gasteiger partial charge in [0.2, 0.25) is 0 Å². The Morgan fingerprint density at radius 2 is 1.75 bits per heavy atom. The van der Waals surface area contributed by atoms with E-state index in [0.717, 1.165) is 18.8 Å². The molecule has 0 atom stereocenters. The third-order valence-corrected chi connectivity index (χ3v) is 3.76. The first-order chi connectivity index (χ1) is 11.6. The van der Waals surface area contributed by atoms with Crippen LogP contribution < -0.4 is 20.1 Å². The number of piperazine rings is 1. The molecule has 0 bridgehead atoms. The Bertz CT molecular complexity index is 652. The van der Waals surface area contributed by atoms with Crippen LogP contribution in [0.4, 0.5) is 5.69 Å². The van der Waals surface area contributed by atoms with Gasteiger partial charge in [0.15, 0.2) is 0 Å². The van der Waals surface area contributed by atoms with E-state index in [0.29, 0.717) is 0 Å². The van der Waals surface area contributed by atoms with Crippen LogP contribution in [0, 0.1) is 0 Å². The van der Waals surface area contributed by atoms with Gasteiger partial charge in [-0.15, -0.1) is 0 Å². The lowest BCUT2D eigenvalue weighted by Gasteiger charge is -2.27. The van der Waals surface area contributed by atoms with E-state index in [1.54, 1.807) is 7.11 Å². The van der Waals surface area contributed by atoms with Crippen molar-refractivity contribution >= 4 is 11.7 Å². The van der Waals surface area contributed by atoms with Crippen LogP contribution in [0.3, 0.4) is 0 Å². The van der Waals surface area contributed by atoms with Crippen molar-refractivity contribution in [2.24, 2.45) is 0 Å². The number of nitrogens with two attached hydrogens (primary N) is 1. The van der Waals surface area contributed by atoms with Crippen LogP contribution in [0.15, 0.2) is 48.5 Å². The number of carbonyl (C=O) groups is 1. The SMILES string of the molecule is COc1ccc(N2CC[NH2+]CC2)cc1.O=C(O)c1ccccc1[O-]. The van der Waals surface area contributed by atoms with Crippen LogP contribution in [-0.4, -0.2) is 44.4 Å². The third-order valence-electron chi connectivity index (χ3n) is 3.76. The minimum atomic E-state index is -1.18. The maximum atomic E-state index is 10.7. The molecule has 1 saturated heterocycles. The zero-order chi connectivity index (χ0) is 17.4. The van der Waals surface area contributed by atoms with Gasteiger partial charge in [0.1, 0.15) is 5.75 Å².